The molecule has 0 N–H and O–H groups in total. The van der Waals surface area contributed by atoms with Crippen molar-refractivity contribution >= 4 is 5.97 Å². The largest absolute Gasteiger partial charge is 0.412 e. The average molecular weight is 383 g/mol. The van der Waals surface area contributed by atoms with E-state index in [2.05, 4.69) is 47.1 Å². The van der Waals surface area contributed by atoms with Crippen LogP contribution in [0, 0.1) is 0 Å². The summed E-state index contributed by atoms with van der Waals surface area (Å²) in [5, 5.41) is 0. The van der Waals surface area contributed by atoms with Crippen LogP contribution in [0.1, 0.15) is 110 Å². The Morgan fingerprint density at radius 1 is 0.778 bits per heavy atom. The predicted molar refractivity (Wildman–Crippen MR) is 118 cm³/mol. The highest BCUT2D eigenvalue weighted by molar-refractivity contribution is 5.69. The molecule has 1 atom stereocenters. The van der Waals surface area contributed by atoms with Crippen molar-refractivity contribution in [1.82, 2.24) is 0 Å². The van der Waals surface area contributed by atoms with Crippen LogP contribution in [0.5, 0.6) is 0 Å². The molecule has 0 aliphatic heterocycles. The van der Waals surface area contributed by atoms with Crippen molar-refractivity contribution < 1.29 is 14.0 Å². The van der Waals surface area contributed by atoms with E-state index in [9.17, 15) is 4.79 Å². The van der Waals surface area contributed by atoms with Gasteiger partial charge >= 0.3 is 5.97 Å². The number of nitrogens with zero attached hydrogens (tertiary/aromatic N) is 1. The van der Waals surface area contributed by atoms with Crippen LogP contribution in [0.4, 0.5) is 0 Å². The van der Waals surface area contributed by atoms with E-state index in [1.54, 1.807) is 0 Å². The Kier molecular flexibility index (Phi) is 16.7. The third-order valence-electron chi connectivity index (χ3n) is 5.12. The van der Waals surface area contributed by atoms with Gasteiger partial charge in [-0.2, -0.15) is 0 Å². The fraction of sp³-hybridized carbons (Fsp3) is 0.875. The molecular weight excluding hydrogens is 334 g/mol. The van der Waals surface area contributed by atoms with Gasteiger partial charge in [0.25, 0.3) is 0 Å². The van der Waals surface area contributed by atoms with Crippen molar-refractivity contribution in [2.75, 3.05) is 21.1 Å². The minimum atomic E-state index is -0.0347. The molecule has 0 fully saturated rings. The number of ether oxygens (including phenoxy) is 1. The van der Waals surface area contributed by atoms with Gasteiger partial charge in [-0.3, -0.25) is 9.28 Å². The second-order valence-corrected chi connectivity index (χ2v) is 8.80. The van der Waals surface area contributed by atoms with E-state index < -0.39 is 0 Å². The number of hydrogen-bond acceptors (Lipinski definition) is 2. The van der Waals surface area contributed by atoms with Gasteiger partial charge in [-0.05, 0) is 32.1 Å². The zero-order chi connectivity index (χ0) is 20.4. The van der Waals surface area contributed by atoms with Crippen LogP contribution in [0.15, 0.2) is 12.2 Å². The Bertz CT molecular complexity index is 371. The van der Waals surface area contributed by atoms with Crippen LogP contribution >= 0.6 is 0 Å². The molecule has 3 heteroatoms. The van der Waals surface area contributed by atoms with Crippen LogP contribution in [-0.4, -0.2) is 37.8 Å². The molecule has 0 aliphatic rings. The van der Waals surface area contributed by atoms with Gasteiger partial charge in [0.05, 0.1) is 21.1 Å². The first-order valence-corrected chi connectivity index (χ1v) is 11.6. The number of carbonyl (C=O) groups is 1. The molecule has 27 heavy (non-hydrogen) atoms. The number of esters is 1. The van der Waals surface area contributed by atoms with E-state index in [4.69, 9.17) is 4.74 Å². The smallest absolute Gasteiger partial charge is 0.310 e. The number of rotatable bonds is 18. The monoisotopic (exact) mass is 382 g/mol. The summed E-state index contributed by atoms with van der Waals surface area (Å²) in [5.74, 6) is -0.0347. The van der Waals surface area contributed by atoms with Gasteiger partial charge in [0.2, 0.25) is 6.23 Å². The zero-order valence-electron chi connectivity index (χ0n) is 19.1. The standard InChI is InChI=1S/C24H48NO2/c1-6-8-9-10-11-12-13-14-15-16-17-18-19-20-21-22-24(26)27-23(7-2)25(3,4)5/h14-15,23H,6-13,16-22H2,1-5H3/q+1/b15-14-. The Balaban J connectivity index is 3.44. The predicted octanol–water partition coefficient (Wildman–Crippen LogP) is 7.01. The van der Waals surface area contributed by atoms with Gasteiger partial charge in [0, 0.05) is 12.8 Å². The van der Waals surface area contributed by atoms with Crippen LogP contribution < -0.4 is 0 Å². The first-order valence-electron chi connectivity index (χ1n) is 11.6. The Labute approximate surface area is 170 Å². The molecule has 1 unspecified atom stereocenters. The summed E-state index contributed by atoms with van der Waals surface area (Å²) in [4.78, 5) is 12.0. The third-order valence-corrected chi connectivity index (χ3v) is 5.12. The van der Waals surface area contributed by atoms with E-state index in [0.717, 1.165) is 19.3 Å². The molecule has 0 bridgehead atoms. The van der Waals surface area contributed by atoms with Gasteiger partial charge in [-0.1, -0.05) is 77.4 Å². The molecule has 0 aromatic carbocycles. The third kappa shape index (κ3) is 17.0. The fourth-order valence-electron chi connectivity index (χ4n) is 3.34. The fourth-order valence-corrected chi connectivity index (χ4v) is 3.34. The lowest BCUT2D eigenvalue weighted by atomic mass is 10.1. The average Bonchev–Trinajstić information content (AvgIpc) is 2.62. The molecule has 0 rings (SSSR count). The van der Waals surface area contributed by atoms with Gasteiger partial charge in [-0.15, -0.1) is 0 Å². The summed E-state index contributed by atoms with van der Waals surface area (Å²) in [6, 6.07) is 0. The minimum absolute atomic E-state index is 0.0272. The number of quaternary nitrogens is 1. The Hall–Kier alpha value is -0.830. The van der Waals surface area contributed by atoms with Crippen molar-refractivity contribution in [2.24, 2.45) is 0 Å². The second kappa shape index (κ2) is 17.3. The number of allylic oxidation sites excluding steroid dienone is 2. The van der Waals surface area contributed by atoms with Crippen LogP contribution in [0.2, 0.25) is 0 Å². The quantitative estimate of drug-likeness (QED) is 0.0837. The van der Waals surface area contributed by atoms with E-state index in [0.29, 0.717) is 10.9 Å². The van der Waals surface area contributed by atoms with Crippen LogP contribution in [0.25, 0.3) is 0 Å². The summed E-state index contributed by atoms with van der Waals surface area (Å²) in [7, 11) is 6.22. The molecule has 0 amide bonds. The lowest BCUT2D eigenvalue weighted by Crippen LogP contribution is -2.47. The maximum atomic E-state index is 12.0. The van der Waals surface area contributed by atoms with Crippen molar-refractivity contribution in [2.45, 2.75) is 116 Å². The molecule has 0 saturated carbocycles. The molecule has 3 nitrogen and oxygen atoms in total. The number of hydrogen-bond donors (Lipinski definition) is 0. The summed E-state index contributed by atoms with van der Waals surface area (Å²) < 4.78 is 6.28. The molecule has 0 aromatic rings. The molecular formula is C24H48NO2+. The van der Waals surface area contributed by atoms with Crippen molar-refractivity contribution in [3.05, 3.63) is 12.2 Å². The first-order chi connectivity index (χ1) is 12.9. The van der Waals surface area contributed by atoms with E-state index in [1.807, 2.05) is 0 Å². The maximum Gasteiger partial charge on any atom is 0.310 e. The minimum Gasteiger partial charge on any atom is -0.412 e. The Morgan fingerprint density at radius 2 is 1.26 bits per heavy atom. The van der Waals surface area contributed by atoms with E-state index in [-0.39, 0.29) is 12.2 Å². The Morgan fingerprint density at radius 3 is 1.74 bits per heavy atom. The van der Waals surface area contributed by atoms with Crippen LogP contribution in [0.3, 0.4) is 0 Å². The van der Waals surface area contributed by atoms with Crippen molar-refractivity contribution in [1.29, 1.82) is 0 Å². The van der Waals surface area contributed by atoms with Crippen LogP contribution in [-0.2, 0) is 9.53 Å². The highest BCUT2D eigenvalue weighted by Gasteiger charge is 2.25. The van der Waals surface area contributed by atoms with E-state index in [1.165, 1.54) is 70.6 Å². The molecule has 0 aliphatic carbocycles. The second-order valence-electron chi connectivity index (χ2n) is 8.80. The molecule has 0 heterocycles. The summed E-state index contributed by atoms with van der Waals surface area (Å²) in [6.45, 7) is 4.34. The summed E-state index contributed by atoms with van der Waals surface area (Å²) >= 11 is 0. The molecule has 160 valence electrons. The maximum absolute atomic E-state index is 12.0. The molecule has 0 aromatic heterocycles. The molecule has 0 radical (unpaired) electrons. The highest BCUT2D eigenvalue weighted by atomic mass is 16.6. The molecule has 0 saturated heterocycles. The topological polar surface area (TPSA) is 26.3 Å². The zero-order valence-corrected chi connectivity index (χ0v) is 19.1. The van der Waals surface area contributed by atoms with Gasteiger partial charge < -0.3 is 4.74 Å². The lowest BCUT2D eigenvalue weighted by Gasteiger charge is -2.32. The highest BCUT2D eigenvalue weighted by Crippen LogP contribution is 2.13. The van der Waals surface area contributed by atoms with Crippen molar-refractivity contribution in [3.8, 4) is 0 Å². The normalized spacial score (nSPS) is 13.2. The lowest BCUT2D eigenvalue weighted by molar-refractivity contribution is -0.917. The summed E-state index contributed by atoms with van der Waals surface area (Å²) in [6.07, 6.45) is 22.7. The van der Waals surface area contributed by atoms with Crippen molar-refractivity contribution in [3.63, 3.8) is 0 Å². The number of carbonyl (C=O) groups excluding carboxylic acids is 1. The first kappa shape index (κ1) is 26.2. The van der Waals surface area contributed by atoms with Gasteiger partial charge in [0.15, 0.2) is 0 Å². The summed E-state index contributed by atoms with van der Waals surface area (Å²) in [5.41, 5.74) is 0. The van der Waals surface area contributed by atoms with Gasteiger partial charge in [0.1, 0.15) is 0 Å². The number of unbranched alkanes of at least 4 members (excludes halogenated alkanes) is 11. The molecule has 0 spiro atoms. The van der Waals surface area contributed by atoms with E-state index >= 15 is 0 Å². The van der Waals surface area contributed by atoms with Gasteiger partial charge in [-0.25, -0.2) is 0 Å². The SMILES string of the molecule is CCCCCCCC/C=C\CCCCCCCC(=O)OC(CC)[N+](C)(C)C.